The molecule has 2 rings (SSSR count). The Morgan fingerprint density at radius 1 is 0.950 bits per heavy atom. The minimum atomic E-state index is -0.713. The van der Waals surface area contributed by atoms with Crippen LogP contribution in [0.3, 0.4) is 0 Å². The van der Waals surface area contributed by atoms with Gasteiger partial charge in [0.05, 0.1) is 22.1 Å². The van der Waals surface area contributed by atoms with Crippen molar-refractivity contribution in [1.82, 2.24) is 0 Å². The van der Waals surface area contributed by atoms with Crippen molar-refractivity contribution in [2.45, 2.75) is 0 Å². The van der Waals surface area contributed by atoms with E-state index in [2.05, 4.69) is 0 Å². The number of nitrogens with zero attached hydrogens (tertiary/aromatic N) is 1. The van der Waals surface area contributed by atoms with Crippen LogP contribution in [0.4, 0.5) is 5.69 Å². The molecule has 0 aliphatic heterocycles. The Hall–Kier alpha value is -3.09. The summed E-state index contributed by atoms with van der Waals surface area (Å²) in [5.41, 5.74) is -0.669. The highest BCUT2D eigenvalue weighted by atomic mass is 16.6. The summed E-state index contributed by atoms with van der Waals surface area (Å²) in [6.07, 6.45) is 0. The summed E-state index contributed by atoms with van der Waals surface area (Å²) in [5.74, 6) is -1.94. The summed E-state index contributed by atoms with van der Waals surface area (Å²) >= 11 is 0. The number of non-ortho nitro benzene ring substituents is 1. The summed E-state index contributed by atoms with van der Waals surface area (Å²) in [6, 6.07) is 6.40. The fourth-order valence-corrected chi connectivity index (χ4v) is 1.68. The molecule has 7 heteroatoms. The highest BCUT2D eigenvalue weighted by Gasteiger charge is 2.19. The number of phenolic OH excluding ortho intramolecular Hbond substituents is 3. The molecule has 0 aromatic heterocycles. The lowest BCUT2D eigenvalue weighted by molar-refractivity contribution is -0.384. The van der Waals surface area contributed by atoms with E-state index in [0.29, 0.717) is 0 Å². The minimum Gasteiger partial charge on any atom is -0.508 e. The predicted octanol–water partition coefficient (Wildman–Crippen LogP) is 1.94. The molecular formula is C13H9NO6. The Kier molecular flexibility index (Phi) is 3.26. The number of rotatable bonds is 3. The highest BCUT2D eigenvalue weighted by molar-refractivity contribution is 6.12. The van der Waals surface area contributed by atoms with Gasteiger partial charge in [-0.05, 0) is 18.2 Å². The van der Waals surface area contributed by atoms with Crippen molar-refractivity contribution in [3.8, 4) is 17.2 Å². The molecule has 0 aliphatic carbocycles. The average molecular weight is 275 g/mol. The van der Waals surface area contributed by atoms with Gasteiger partial charge in [-0.25, -0.2) is 0 Å². The van der Waals surface area contributed by atoms with E-state index < -0.39 is 22.2 Å². The van der Waals surface area contributed by atoms with Crippen LogP contribution in [-0.2, 0) is 0 Å². The predicted molar refractivity (Wildman–Crippen MR) is 68.0 cm³/mol. The molecule has 0 spiro atoms. The molecule has 7 nitrogen and oxygen atoms in total. The smallest absolute Gasteiger partial charge is 0.273 e. The van der Waals surface area contributed by atoms with Gasteiger partial charge in [0, 0.05) is 12.1 Å². The zero-order valence-corrected chi connectivity index (χ0v) is 9.98. The molecule has 0 bridgehead atoms. The van der Waals surface area contributed by atoms with Crippen LogP contribution in [0.15, 0.2) is 36.4 Å². The second-order valence-corrected chi connectivity index (χ2v) is 3.99. The number of phenols is 3. The van der Waals surface area contributed by atoms with Crippen molar-refractivity contribution in [3.63, 3.8) is 0 Å². The van der Waals surface area contributed by atoms with E-state index in [4.69, 9.17) is 5.11 Å². The van der Waals surface area contributed by atoms with E-state index >= 15 is 0 Å². The summed E-state index contributed by atoms with van der Waals surface area (Å²) in [7, 11) is 0. The molecule has 20 heavy (non-hydrogen) atoms. The monoisotopic (exact) mass is 275 g/mol. The van der Waals surface area contributed by atoms with Gasteiger partial charge in [-0.15, -0.1) is 0 Å². The SMILES string of the molecule is O=C(c1ccc(O)cc1O)c1ccc([N+](=O)[O-])cc1O. The maximum atomic E-state index is 12.1. The number of aromatic hydroxyl groups is 3. The molecule has 0 unspecified atom stereocenters. The third-order valence-corrected chi connectivity index (χ3v) is 2.66. The number of benzene rings is 2. The van der Waals surface area contributed by atoms with Gasteiger partial charge in [-0.3, -0.25) is 14.9 Å². The van der Waals surface area contributed by atoms with Crippen molar-refractivity contribution >= 4 is 11.5 Å². The average Bonchev–Trinajstić information content (AvgIpc) is 2.37. The number of ketones is 1. The Morgan fingerprint density at radius 3 is 2.00 bits per heavy atom. The molecule has 0 fully saturated rings. The number of hydrogen-bond donors (Lipinski definition) is 3. The van der Waals surface area contributed by atoms with Gasteiger partial charge in [0.25, 0.3) is 5.69 Å². The van der Waals surface area contributed by atoms with Gasteiger partial charge in [0.15, 0.2) is 5.78 Å². The van der Waals surface area contributed by atoms with Gasteiger partial charge in [0.1, 0.15) is 17.2 Å². The molecule has 0 saturated heterocycles. The number of nitro benzene ring substituents is 1. The molecule has 0 aliphatic rings. The van der Waals surface area contributed by atoms with Crippen LogP contribution in [0.5, 0.6) is 17.2 Å². The summed E-state index contributed by atoms with van der Waals surface area (Å²) in [4.78, 5) is 21.9. The molecule has 2 aromatic carbocycles. The zero-order valence-electron chi connectivity index (χ0n) is 9.98. The van der Waals surface area contributed by atoms with Crippen molar-refractivity contribution in [1.29, 1.82) is 0 Å². The first-order valence-corrected chi connectivity index (χ1v) is 5.44. The molecule has 0 radical (unpaired) electrons. The lowest BCUT2D eigenvalue weighted by Gasteiger charge is -2.06. The first kappa shape index (κ1) is 13.3. The first-order chi connectivity index (χ1) is 9.40. The van der Waals surface area contributed by atoms with E-state index in [1.165, 1.54) is 12.1 Å². The van der Waals surface area contributed by atoms with Gasteiger partial charge in [0.2, 0.25) is 0 Å². The fraction of sp³-hybridized carbons (Fsp3) is 0. The quantitative estimate of drug-likeness (QED) is 0.447. The van der Waals surface area contributed by atoms with Crippen LogP contribution in [0.25, 0.3) is 0 Å². The Morgan fingerprint density at radius 2 is 1.50 bits per heavy atom. The molecule has 0 saturated carbocycles. The van der Waals surface area contributed by atoms with Crippen molar-refractivity contribution in [3.05, 3.63) is 57.6 Å². The molecule has 0 atom stereocenters. The van der Waals surface area contributed by atoms with Crippen molar-refractivity contribution in [2.24, 2.45) is 0 Å². The van der Waals surface area contributed by atoms with Gasteiger partial charge >= 0.3 is 0 Å². The summed E-state index contributed by atoms with van der Waals surface area (Å²) in [5, 5.41) is 38.9. The van der Waals surface area contributed by atoms with Crippen LogP contribution >= 0.6 is 0 Å². The van der Waals surface area contributed by atoms with E-state index in [0.717, 1.165) is 24.3 Å². The van der Waals surface area contributed by atoms with E-state index in [-0.39, 0.29) is 22.6 Å². The Balaban J connectivity index is 2.46. The maximum absolute atomic E-state index is 12.1. The molecule has 0 amide bonds. The number of hydrogen-bond acceptors (Lipinski definition) is 6. The molecule has 102 valence electrons. The topological polar surface area (TPSA) is 121 Å². The zero-order chi connectivity index (χ0) is 14.9. The number of carbonyl (C=O) groups excluding carboxylic acids is 1. The van der Waals surface area contributed by atoms with Crippen LogP contribution in [0.2, 0.25) is 0 Å². The molecule has 3 N–H and O–H groups in total. The van der Waals surface area contributed by atoms with Crippen molar-refractivity contribution in [2.75, 3.05) is 0 Å². The normalized spacial score (nSPS) is 10.2. The molecule has 0 heterocycles. The van der Waals surface area contributed by atoms with E-state index in [1.54, 1.807) is 0 Å². The third kappa shape index (κ3) is 2.37. The lowest BCUT2D eigenvalue weighted by atomic mass is 10.0. The summed E-state index contributed by atoms with van der Waals surface area (Å²) < 4.78 is 0. The van der Waals surface area contributed by atoms with Gasteiger partial charge in [-0.2, -0.15) is 0 Å². The third-order valence-electron chi connectivity index (χ3n) is 2.66. The fourth-order valence-electron chi connectivity index (χ4n) is 1.68. The maximum Gasteiger partial charge on any atom is 0.273 e. The van der Waals surface area contributed by atoms with Gasteiger partial charge in [-0.1, -0.05) is 0 Å². The van der Waals surface area contributed by atoms with E-state index in [1.807, 2.05) is 0 Å². The highest BCUT2D eigenvalue weighted by Crippen LogP contribution is 2.29. The minimum absolute atomic E-state index is 0.132. The second kappa shape index (κ2) is 4.88. The lowest BCUT2D eigenvalue weighted by Crippen LogP contribution is -2.02. The first-order valence-electron chi connectivity index (χ1n) is 5.44. The van der Waals surface area contributed by atoms with Gasteiger partial charge < -0.3 is 15.3 Å². The van der Waals surface area contributed by atoms with Crippen LogP contribution < -0.4 is 0 Å². The Bertz CT molecular complexity index is 710. The van der Waals surface area contributed by atoms with Crippen LogP contribution in [0.1, 0.15) is 15.9 Å². The number of nitro groups is 1. The Labute approximate surface area is 112 Å². The van der Waals surface area contributed by atoms with Crippen LogP contribution in [0, 0.1) is 10.1 Å². The molecular weight excluding hydrogens is 266 g/mol. The van der Waals surface area contributed by atoms with Crippen molar-refractivity contribution < 1.29 is 25.0 Å². The largest absolute Gasteiger partial charge is 0.508 e. The second-order valence-electron chi connectivity index (χ2n) is 3.99. The van der Waals surface area contributed by atoms with E-state index in [9.17, 15) is 25.1 Å². The number of carbonyl (C=O) groups is 1. The molecule has 2 aromatic rings. The standard InChI is InChI=1S/C13H9NO6/c15-8-2-4-10(12(17)6-8)13(18)9-3-1-7(14(19)20)5-11(9)16/h1-6,15-17H. The van der Waals surface area contributed by atoms with Crippen LogP contribution in [-0.4, -0.2) is 26.0 Å². The summed E-state index contributed by atoms with van der Waals surface area (Å²) in [6.45, 7) is 0.